The molecule has 1 aromatic rings. The Morgan fingerprint density at radius 2 is 1.38 bits per heavy atom. The Bertz CT molecular complexity index is 768. The van der Waals surface area contributed by atoms with Crippen molar-refractivity contribution < 1.29 is 55.3 Å². The third-order valence-corrected chi connectivity index (χ3v) is 5.34. The predicted octanol–water partition coefficient (Wildman–Crippen LogP) is 3.39. The van der Waals surface area contributed by atoms with Gasteiger partial charge in [-0.05, 0) is 37.6 Å². The normalized spacial score (nSPS) is 18.8. The molecule has 1 spiro atoms. The van der Waals surface area contributed by atoms with Crippen LogP contribution in [0.25, 0.3) is 0 Å². The van der Waals surface area contributed by atoms with Crippen LogP contribution in [0.15, 0.2) is 24.3 Å². The van der Waals surface area contributed by atoms with Gasteiger partial charge in [-0.3, -0.25) is 9.80 Å². The summed E-state index contributed by atoms with van der Waals surface area (Å²) in [4.78, 5) is 22.7. The fourth-order valence-corrected chi connectivity index (χ4v) is 3.31. The molecule has 0 atom stereocenters. The largest absolute Gasteiger partial charge is 0.490 e. The van der Waals surface area contributed by atoms with Crippen LogP contribution in [0.3, 0.4) is 0 Å². The number of halogens is 7. The molecule has 0 radical (unpaired) electrons. The van der Waals surface area contributed by atoms with Gasteiger partial charge in [0.25, 0.3) is 0 Å². The molecule has 2 N–H and O–H groups in total. The molecule has 2 fully saturated rings. The number of carboxylic acids is 2. The lowest BCUT2D eigenvalue weighted by molar-refractivity contribution is -0.193. The predicted molar refractivity (Wildman–Crippen MR) is 104 cm³/mol. The Balaban J connectivity index is 0.000000343. The zero-order chi connectivity index (χ0) is 26.2. The second-order valence-corrected chi connectivity index (χ2v) is 7.71. The highest BCUT2D eigenvalue weighted by atomic mass is 19.4. The summed E-state index contributed by atoms with van der Waals surface area (Å²) in [5.74, 6) is -5.67. The van der Waals surface area contributed by atoms with Crippen molar-refractivity contribution in [3.05, 3.63) is 35.6 Å². The van der Waals surface area contributed by atoms with Crippen molar-refractivity contribution in [1.82, 2.24) is 9.80 Å². The summed E-state index contributed by atoms with van der Waals surface area (Å²) in [6.07, 6.45) is -7.85. The van der Waals surface area contributed by atoms with Gasteiger partial charge in [0, 0.05) is 31.7 Å². The minimum absolute atomic E-state index is 0.160. The molecule has 0 amide bonds. The van der Waals surface area contributed by atoms with Gasteiger partial charge < -0.3 is 14.9 Å². The summed E-state index contributed by atoms with van der Waals surface area (Å²) in [7, 11) is 2.22. The molecule has 1 aromatic carbocycles. The standard InChI is InChI=1S/C16H23FN2O.2C2HF3O2/c1-18-10-11-20-13-16(18)6-8-19(9-7-16)12-14-2-4-15(17)5-3-14;2*3-2(4,5)1(6)7/h2-5H,6-13H2,1H3;2*(H,6,7). The first-order chi connectivity index (χ1) is 15.6. The lowest BCUT2D eigenvalue weighted by Gasteiger charge is -2.49. The van der Waals surface area contributed by atoms with E-state index in [1.165, 1.54) is 5.56 Å². The Labute approximate surface area is 190 Å². The first-order valence-electron chi connectivity index (χ1n) is 9.93. The molecular weight excluding hydrogens is 481 g/mol. The van der Waals surface area contributed by atoms with E-state index in [0.29, 0.717) is 0 Å². The number of likely N-dealkylation sites (tertiary alicyclic amines) is 1. The van der Waals surface area contributed by atoms with Crippen LogP contribution in [0, 0.1) is 5.82 Å². The zero-order valence-electron chi connectivity index (χ0n) is 18.1. The van der Waals surface area contributed by atoms with Crippen LogP contribution in [0.1, 0.15) is 18.4 Å². The lowest BCUT2D eigenvalue weighted by Crippen LogP contribution is -2.59. The van der Waals surface area contributed by atoms with Crippen molar-refractivity contribution in [2.24, 2.45) is 0 Å². The highest BCUT2D eigenvalue weighted by Crippen LogP contribution is 2.31. The average molecular weight is 506 g/mol. The van der Waals surface area contributed by atoms with Crippen LogP contribution < -0.4 is 0 Å². The summed E-state index contributed by atoms with van der Waals surface area (Å²) in [5.41, 5.74) is 1.44. The van der Waals surface area contributed by atoms with Crippen molar-refractivity contribution in [2.45, 2.75) is 37.3 Å². The second kappa shape index (κ2) is 12.3. The average Bonchev–Trinajstić information content (AvgIpc) is 2.73. The topological polar surface area (TPSA) is 90.3 Å². The lowest BCUT2D eigenvalue weighted by atomic mass is 9.85. The Kier molecular flexibility index (Phi) is 10.7. The van der Waals surface area contributed by atoms with Crippen molar-refractivity contribution in [3.8, 4) is 0 Å². The number of ether oxygens (including phenoxy) is 1. The number of nitrogens with zero attached hydrogens (tertiary/aromatic N) is 2. The summed E-state index contributed by atoms with van der Waals surface area (Å²) in [6, 6.07) is 6.86. The molecule has 0 aromatic heterocycles. The van der Waals surface area contributed by atoms with E-state index in [1.807, 2.05) is 12.1 Å². The van der Waals surface area contributed by atoms with E-state index >= 15 is 0 Å². The molecule has 2 heterocycles. The molecule has 0 aliphatic carbocycles. The summed E-state index contributed by atoms with van der Waals surface area (Å²) >= 11 is 0. The van der Waals surface area contributed by atoms with Gasteiger partial charge in [0.05, 0.1) is 13.2 Å². The molecule has 2 saturated heterocycles. The van der Waals surface area contributed by atoms with Gasteiger partial charge in [-0.25, -0.2) is 14.0 Å². The minimum atomic E-state index is -5.08. The summed E-state index contributed by atoms with van der Waals surface area (Å²) in [5, 5.41) is 14.2. The molecule has 34 heavy (non-hydrogen) atoms. The SMILES string of the molecule is CN1CCOCC12CCN(Cc1ccc(F)cc1)CC2.O=C(O)C(F)(F)F.O=C(O)C(F)(F)F. The monoisotopic (exact) mass is 506 g/mol. The first-order valence-corrected chi connectivity index (χ1v) is 9.93. The zero-order valence-corrected chi connectivity index (χ0v) is 18.1. The van der Waals surface area contributed by atoms with Crippen LogP contribution >= 0.6 is 0 Å². The van der Waals surface area contributed by atoms with Gasteiger partial charge in [0.1, 0.15) is 5.82 Å². The Morgan fingerprint density at radius 3 is 1.76 bits per heavy atom. The van der Waals surface area contributed by atoms with E-state index in [2.05, 4.69) is 16.8 Å². The molecular formula is C20H25F7N2O5. The van der Waals surface area contributed by atoms with Gasteiger partial charge >= 0.3 is 24.3 Å². The number of benzene rings is 1. The maximum Gasteiger partial charge on any atom is 0.490 e. The number of carboxylic acid groups (broad SMARTS) is 2. The van der Waals surface area contributed by atoms with Gasteiger partial charge in [-0.2, -0.15) is 26.3 Å². The molecule has 7 nitrogen and oxygen atoms in total. The number of hydrogen-bond donors (Lipinski definition) is 2. The number of hydrogen-bond acceptors (Lipinski definition) is 5. The van der Waals surface area contributed by atoms with E-state index in [4.69, 9.17) is 24.5 Å². The maximum atomic E-state index is 12.9. The summed E-state index contributed by atoms with van der Waals surface area (Å²) in [6.45, 7) is 5.86. The van der Waals surface area contributed by atoms with Gasteiger partial charge in [0.15, 0.2) is 0 Å². The van der Waals surface area contributed by atoms with Crippen molar-refractivity contribution in [1.29, 1.82) is 0 Å². The van der Waals surface area contributed by atoms with E-state index in [0.717, 1.165) is 52.2 Å². The molecule has 0 saturated carbocycles. The van der Waals surface area contributed by atoms with E-state index in [-0.39, 0.29) is 11.4 Å². The van der Waals surface area contributed by atoms with E-state index in [1.54, 1.807) is 12.1 Å². The van der Waals surface area contributed by atoms with Crippen LogP contribution in [-0.4, -0.2) is 89.7 Å². The molecule has 0 unspecified atom stereocenters. The third kappa shape index (κ3) is 9.81. The van der Waals surface area contributed by atoms with E-state index < -0.39 is 24.3 Å². The Hall–Kier alpha value is -2.45. The number of carbonyl (C=O) groups is 2. The molecule has 14 heteroatoms. The van der Waals surface area contributed by atoms with Gasteiger partial charge in [-0.1, -0.05) is 12.1 Å². The maximum absolute atomic E-state index is 12.9. The number of alkyl halides is 6. The van der Waals surface area contributed by atoms with Crippen LogP contribution in [0.5, 0.6) is 0 Å². The first kappa shape index (κ1) is 29.6. The number of morpholine rings is 1. The highest BCUT2D eigenvalue weighted by Gasteiger charge is 2.40. The number of likely N-dealkylation sites (N-methyl/N-ethyl adjacent to an activating group) is 1. The fourth-order valence-electron chi connectivity index (χ4n) is 3.31. The number of aliphatic carboxylic acids is 2. The summed E-state index contributed by atoms with van der Waals surface area (Å²) < 4.78 is 82.1. The van der Waals surface area contributed by atoms with Crippen LogP contribution in [-0.2, 0) is 20.9 Å². The fraction of sp³-hybridized carbons (Fsp3) is 0.600. The van der Waals surface area contributed by atoms with Gasteiger partial charge in [0.2, 0.25) is 0 Å². The minimum Gasteiger partial charge on any atom is -0.475 e. The molecule has 2 aliphatic heterocycles. The highest BCUT2D eigenvalue weighted by molar-refractivity contribution is 5.73. The number of rotatable bonds is 2. The molecule has 3 rings (SSSR count). The van der Waals surface area contributed by atoms with E-state index in [9.17, 15) is 30.7 Å². The molecule has 194 valence electrons. The number of piperidine rings is 1. The van der Waals surface area contributed by atoms with Gasteiger partial charge in [-0.15, -0.1) is 0 Å². The van der Waals surface area contributed by atoms with Crippen molar-refractivity contribution >= 4 is 11.9 Å². The smallest absolute Gasteiger partial charge is 0.475 e. The van der Waals surface area contributed by atoms with Crippen LogP contribution in [0.2, 0.25) is 0 Å². The third-order valence-electron chi connectivity index (χ3n) is 5.34. The quantitative estimate of drug-likeness (QED) is 0.595. The molecule has 0 bridgehead atoms. The second-order valence-electron chi connectivity index (χ2n) is 7.71. The Morgan fingerprint density at radius 1 is 0.941 bits per heavy atom. The van der Waals surface area contributed by atoms with Crippen molar-refractivity contribution in [2.75, 3.05) is 39.9 Å². The van der Waals surface area contributed by atoms with Crippen LogP contribution in [0.4, 0.5) is 30.7 Å². The van der Waals surface area contributed by atoms with Crippen molar-refractivity contribution in [3.63, 3.8) is 0 Å². The molecule has 2 aliphatic rings.